The summed E-state index contributed by atoms with van der Waals surface area (Å²) < 4.78 is 27.9. The molecule has 0 spiro atoms. The average Bonchev–Trinajstić information content (AvgIpc) is 3.58. The Kier molecular flexibility index (Phi) is 7.64. The summed E-state index contributed by atoms with van der Waals surface area (Å²) >= 11 is 0. The van der Waals surface area contributed by atoms with Crippen LogP contribution < -0.4 is 20.7 Å². The molecule has 38 heavy (non-hydrogen) atoms. The Balaban J connectivity index is 1.13. The molecule has 0 radical (unpaired) electrons. The molecule has 198 valence electrons. The van der Waals surface area contributed by atoms with Crippen molar-refractivity contribution in [3.8, 4) is 0 Å². The van der Waals surface area contributed by atoms with Gasteiger partial charge in [0.05, 0.1) is 4.90 Å². The van der Waals surface area contributed by atoms with E-state index in [2.05, 4.69) is 26.7 Å². The number of carbonyl (C=O) groups excluding carboxylic acids is 2. The average molecular weight is 533 g/mol. The van der Waals surface area contributed by atoms with Gasteiger partial charge in [-0.2, -0.15) is 0 Å². The van der Waals surface area contributed by atoms with Gasteiger partial charge >= 0.3 is 12.1 Å². The Labute approximate surface area is 223 Å². The summed E-state index contributed by atoms with van der Waals surface area (Å²) in [4.78, 5) is 24.8. The van der Waals surface area contributed by atoms with Crippen molar-refractivity contribution in [2.24, 2.45) is 0 Å². The zero-order valence-electron chi connectivity index (χ0n) is 21.2. The number of carbonyl (C=O) groups is 2. The highest BCUT2D eigenvalue weighted by atomic mass is 32.2. The molecule has 0 saturated heterocycles. The Morgan fingerprint density at radius 3 is 2.05 bits per heavy atom. The van der Waals surface area contributed by atoms with Gasteiger partial charge in [0, 0.05) is 18.8 Å². The topological polar surface area (TPSA) is 116 Å². The number of urea groups is 2. The molecule has 8 nitrogen and oxygen atoms in total. The van der Waals surface area contributed by atoms with Gasteiger partial charge in [0.25, 0.3) is 10.0 Å². The van der Waals surface area contributed by atoms with Gasteiger partial charge in [-0.05, 0) is 90.5 Å². The first kappa shape index (κ1) is 25.8. The zero-order valence-corrected chi connectivity index (χ0v) is 22.0. The number of nitrogens with one attached hydrogen (secondary N) is 4. The molecule has 0 heterocycles. The molecular formula is C29H32N4O4S. The van der Waals surface area contributed by atoms with Crippen molar-refractivity contribution >= 4 is 27.8 Å². The predicted molar refractivity (Wildman–Crippen MR) is 147 cm³/mol. The van der Waals surface area contributed by atoms with E-state index in [9.17, 15) is 18.0 Å². The summed E-state index contributed by atoms with van der Waals surface area (Å²) in [6.45, 7) is 0.841. The van der Waals surface area contributed by atoms with E-state index in [4.69, 9.17) is 0 Å². The van der Waals surface area contributed by atoms with Crippen LogP contribution in [0.2, 0.25) is 0 Å². The number of fused-ring (bicyclic) bond motifs is 2. The van der Waals surface area contributed by atoms with E-state index in [1.165, 1.54) is 23.3 Å². The molecule has 2 aliphatic rings. The molecule has 0 bridgehead atoms. The summed E-state index contributed by atoms with van der Waals surface area (Å²) in [5, 5.41) is 8.46. The minimum absolute atomic E-state index is 0.00785. The minimum Gasteiger partial charge on any atom is -0.338 e. The van der Waals surface area contributed by atoms with E-state index < -0.39 is 16.1 Å². The van der Waals surface area contributed by atoms with Crippen LogP contribution in [0.4, 0.5) is 15.3 Å². The van der Waals surface area contributed by atoms with E-state index in [1.54, 1.807) is 12.1 Å². The van der Waals surface area contributed by atoms with Gasteiger partial charge in [0.2, 0.25) is 0 Å². The lowest BCUT2D eigenvalue weighted by molar-refractivity contribution is 0.240. The van der Waals surface area contributed by atoms with Crippen molar-refractivity contribution in [2.45, 2.75) is 56.4 Å². The Hall–Kier alpha value is -3.85. The van der Waals surface area contributed by atoms with Gasteiger partial charge in [-0.15, -0.1) is 0 Å². The van der Waals surface area contributed by atoms with Crippen LogP contribution in [0.5, 0.6) is 0 Å². The summed E-state index contributed by atoms with van der Waals surface area (Å²) in [5.74, 6) is 0. The van der Waals surface area contributed by atoms with Crippen molar-refractivity contribution < 1.29 is 18.0 Å². The lowest BCUT2D eigenvalue weighted by Crippen LogP contribution is -2.36. The van der Waals surface area contributed by atoms with Gasteiger partial charge in [-0.1, -0.05) is 48.5 Å². The van der Waals surface area contributed by atoms with Crippen molar-refractivity contribution in [1.82, 2.24) is 15.4 Å². The first-order valence-corrected chi connectivity index (χ1v) is 14.5. The van der Waals surface area contributed by atoms with Crippen molar-refractivity contribution in [2.75, 3.05) is 11.9 Å². The van der Waals surface area contributed by atoms with Crippen LogP contribution in [-0.4, -0.2) is 27.0 Å². The highest BCUT2D eigenvalue weighted by molar-refractivity contribution is 7.90. The van der Waals surface area contributed by atoms with Crippen LogP contribution in [0.25, 0.3) is 0 Å². The van der Waals surface area contributed by atoms with E-state index in [0.717, 1.165) is 66.5 Å². The highest BCUT2D eigenvalue weighted by Crippen LogP contribution is 2.38. The highest BCUT2D eigenvalue weighted by Gasteiger charge is 2.26. The quantitative estimate of drug-likeness (QED) is 0.348. The molecule has 9 heteroatoms. The maximum atomic E-state index is 12.9. The Morgan fingerprint density at radius 1 is 0.737 bits per heavy atom. The Morgan fingerprint density at radius 2 is 1.39 bits per heavy atom. The molecule has 0 aliphatic heterocycles. The van der Waals surface area contributed by atoms with E-state index in [-0.39, 0.29) is 10.9 Å². The lowest BCUT2D eigenvalue weighted by atomic mass is 9.99. The number of rotatable bonds is 8. The van der Waals surface area contributed by atoms with Gasteiger partial charge in [0.1, 0.15) is 0 Å². The van der Waals surface area contributed by atoms with Crippen LogP contribution in [0.3, 0.4) is 0 Å². The van der Waals surface area contributed by atoms with Gasteiger partial charge in [0.15, 0.2) is 0 Å². The van der Waals surface area contributed by atoms with Crippen LogP contribution in [0.1, 0.15) is 46.2 Å². The lowest BCUT2D eigenvalue weighted by Gasteiger charge is -2.16. The summed E-state index contributed by atoms with van der Waals surface area (Å²) in [6.07, 6.45) is 6.43. The second-order valence-electron chi connectivity index (χ2n) is 9.78. The summed E-state index contributed by atoms with van der Waals surface area (Å²) in [6, 6.07) is 17.2. The molecule has 4 amide bonds. The van der Waals surface area contributed by atoms with Crippen LogP contribution in [0, 0.1) is 0 Å². The molecule has 0 aromatic heterocycles. The van der Waals surface area contributed by atoms with Gasteiger partial charge in [-0.25, -0.2) is 22.7 Å². The van der Waals surface area contributed by atoms with Crippen LogP contribution >= 0.6 is 0 Å². The second kappa shape index (κ2) is 11.3. The second-order valence-corrected chi connectivity index (χ2v) is 11.5. The standard InChI is InChI=1S/C29H32N4O4S/c34-28(31-19-21-6-2-1-3-7-21)30-17-16-20-12-14-24(15-13-20)38(36,37)33-29(35)32-27-25-10-4-8-22(25)18-23-9-5-11-26(23)27/h1-3,6-7,12-15,18H,4-5,8-11,16-17,19H2,(H2,30,31,34)(H2,32,33,35). The van der Waals surface area contributed by atoms with Gasteiger partial charge < -0.3 is 16.0 Å². The van der Waals surface area contributed by atoms with Crippen LogP contribution in [-0.2, 0) is 48.7 Å². The number of amides is 4. The SMILES string of the molecule is O=C(NCCc1ccc(S(=O)(=O)NC(=O)Nc2c3c(cc4c2CCC4)CCC3)cc1)NCc1ccccc1. The normalized spacial score (nSPS) is 13.9. The molecule has 5 rings (SSSR count). The third kappa shape index (κ3) is 5.99. The number of benzene rings is 3. The minimum atomic E-state index is -4.03. The summed E-state index contributed by atoms with van der Waals surface area (Å²) in [5.41, 5.74) is 7.50. The van der Waals surface area contributed by atoms with E-state index in [0.29, 0.717) is 19.5 Å². The smallest absolute Gasteiger partial charge is 0.333 e. The fraction of sp³-hybridized carbons (Fsp3) is 0.310. The maximum absolute atomic E-state index is 12.9. The molecule has 0 atom stereocenters. The molecule has 3 aromatic rings. The van der Waals surface area contributed by atoms with E-state index in [1.807, 2.05) is 30.3 Å². The fourth-order valence-corrected chi connectivity index (χ4v) is 6.19. The summed E-state index contributed by atoms with van der Waals surface area (Å²) in [7, 11) is -4.03. The largest absolute Gasteiger partial charge is 0.338 e. The van der Waals surface area contributed by atoms with E-state index >= 15 is 0 Å². The van der Waals surface area contributed by atoms with Crippen LogP contribution in [0.15, 0.2) is 65.6 Å². The first-order valence-electron chi connectivity index (χ1n) is 13.0. The molecule has 0 fully saturated rings. The van der Waals surface area contributed by atoms with Crippen molar-refractivity contribution in [3.05, 3.63) is 94.0 Å². The zero-order chi connectivity index (χ0) is 26.5. The molecule has 0 saturated carbocycles. The Bertz CT molecular complexity index is 1410. The number of aryl methyl sites for hydroxylation is 2. The molecule has 0 unspecified atom stereocenters. The third-order valence-electron chi connectivity index (χ3n) is 7.17. The first-order chi connectivity index (χ1) is 18.4. The molecule has 2 aliphatic carbocycles. The third-order valence-corrected chi connectivity index (χ3v) is 8.51. The fourth-order valence-electron chi connectivity index (χ4n) is 5.28. The number of hydrogen-bond donors (Lipinski definition) is 4. The van der Waals surface area contributed by atoms with Crippen molar-refractivity contribution in [1.29, 1.82) is 0 Å². The maximum Gasteiger partial charge on any atom is 0.333 e. The monoisotopic (exact) mass is 532 g/mol. The number of sulfonamides is 1. The molecule has 3 aromatic carbocycles. The molecule has 4 N–H and O–H groups in total. The van der Waals surface area contributed by atoms with Gasteiger partial charge in [-0.3, -0.25) is 0 Å². The molecular weight excluding hydrogens is 500 g/mol. The predicted octanol–water partition coefficient (Wildman–Crippen LogP) is 4.22. The number of hydrogen-bond acceptors (Lipinski definition) is 4. The number of anilines is 1. The van der Waals surface area contributed by atoms with Crippen molar-refractivity contribution in [3.63, 3.8) is 0 Å².